The molecule has 0 bridgehead atoms. The molecule has 0 spiro atoms. The van der Waals surface area contributed by atoms with Gasteiger partial charge in [0.25, 0.3) is 5.91 Å². The van der Waals surface area contributed by atoms with Crippen molar-refractivity contribution in [2.75, 3.05) is 6.54 Å². The maximum Gasteiger partial charge on any atom is 0.254 e. The first-order chi connectivity index (χ1) is 4.63. The minimum Gasteiger partial charge on any atom is -0.353 e. The van der Waals surface area contributed by atoms with Gasteiger partial charge in [0.1, 0.15) is 0 Å². The van der Waals surface area contributed by atoms with Crippen molar-refractivity contribution < 1.29 is 9.18 Å². The van der Waals surface area contributed by atoms with Gasteiger partial charge < -0.3 is 5.32 Å². The van der Waals surface area contributed by atoms with Crippen LogP contribution in [0.5, 0.6) is 0 Å². The molecular formula is C7H12FNO. The minimum atomic E-state index is -1.28. The molecular weight excluding hydrogens is 133 g/mol. The van der Waals surface area contributed by atoms with Gasteiger partial charge in [0.15, 0.2) is 6.17 Å². The van der Waals surface area contributed by atoms with Crippen molar-refractivity contribution in [1.82, 2.24) is 5.32 Å². The number of hydrogen-bond donors (Lipinski definition) is 1. The van der Waals surface area contributed by atoms with Crippen LogP contribution >= 0.6 is 0 Å². The first-order valence-corrected chi connectivity index (χ1v) is 3.54. The Bertz CT molecular complexity index is 147. The van der Waals surface area contributed by atoms with Gasteiger partial charge in [-0.15, -0.1) is 0 Å². The number of halogens is 1. The van der Waals surface area contributed by atoms with E-state index in [4.69, 9.17) is 0 Å². The van der Waals surface area contributed by atoms with Gasteiger partial charge in [0.2, 0.25) is 0 Å². The number of nitrogens with one attached hydrogen (secondary N) is 1. The standard InChI is InChI=1S/C7H12FNO/c1-4(2)5-3-9-7(10)6(5)8/h4-6H,3H2,1-2H3,(H,9,10)/t5-,6-/m1/s1. The highest BCUT2D eigenvalue weighted by Crippen LogP contribution is 2.21. The molecule has 1 rings (SSSR count). The first kappa shape index (κ1) is 7.51. The highest BCUT2D eigenvalue weighted by atomic mass is 19.1. The molecule has 0 unspecified atom stereocenters. The maximum absolute atomic E-state index is 12.8. The van der Waals surface area contributed by atoms with Crippen LogP contribution in [-0.2, 0) is 4.79 Å². The molecule has 0 aromatic carbocycles. The average molecular weight is 145 g/mol. The predicted molar refractivity (Wildman–Crippen MR) is 36.2 cm³/mol. The van der Waals surface area contributed by atoms with Gasteiger partial charge in [0.05, 0.1) is 0 Å². The molecule has 1 aliphatic heterocycles. The largest absolute Gasteiger partial charge is 0.353 e. The number of alkyl halides is 1. The number of carbonyl (C=O) groups excluding carboxylic acids is 1. The normalized spacial score (nSPS) is 33.0. The fourth-order valence-corrected chi connectivity index (χ4v) is 1.19. The molecule has 1 saturated heterocycles. The molecule has 3 heteroatoms. The Morgan fingerprint density at radius 2 is 2.30 bits per heavy atom. The molecule has 1 N–H and O–H groups in total. The van der Waals surface area contributed by atoms with Crippen LogP contribution < -0.4 is 5.32 Å². The van der Waals surface area contributed by atoms with E-state index in [1.54, 1.807) is 0 Å². The molecule has 0 aliphatic carbocycles. The van der Waals surface area contributed by atoms with E-state index in [1.165, 1.54) is 0 Å². The van der Waals surface area contributed by atoms with Gasteiger partial charge in [0, 0.05) is 12.5 Å². The van der Waals surface area contributed by atoms with Gasteiger partial charge in [-0.1, -0.05) is 13.8 Å². The average Bonchev–Trinajstić information content (AvgIpc) is 2.14. The van der Waals surface area contributed by atoms with Gasteiger partial charge in [-0.25, -0.2) is 4.39 Å². The topological polar surface area (TPSA) is 29.1 Å². The zero-order chi connectivity index (χ0) is 7.72. The third kappa shape index (κ3) is 1.13. The van der Waals surface area contributed by atoms with E-state index in [1.807, 2.05) is 13.8 Å². The second-order valence-corrected chi connectivity index (χ2v) is 3.05. The van der Waals surface area contributed by atoms with E-state index in [0.717, 1.165) is 0 Å². The lowest BCUT2D eigenvalue weighted by molar-refractivity contribution is -0.124. The van der Waals surface area contributed by atoms with Gasteiger partial charge in [-0.3, -0.25) is 4.79 Å². The van der Waals surface area contributed by atoms with E-state index >= 15 is 0 Å². The van der Waals surface area contributed by atoms with Crippen LogP contribution in [-0.4, -0.2) is 18.6 Å². The second-order valence-electron chi connectivity index (χ2n) is 3.05. The summed E-state index contributed by atoms with van der Waals surface area (Å²) < 4.78 is 12.8. The summed E-state index contributed by atoms with van der Waals surface area (Å²) in [6, 6.07) is 0. The summed E-state index contributed by atoms with van der Waals surface area (Å²) in [4.78, 5) is 10.6. The SMILES string of the molecule is CC(C)[C@H]1CNC(=O)[C@@H]1F. The molecule has 0 aromatic heterocycles. The fraction of sp³-hybridized carbons (Fsp3) is 0.857. The van der Waals surface area contributed by atoms with Crippen molar-refractivity contribution >= 4 is 5.91 Å². The highest BCUT2D eigenvalue weighted by molar-refractivity contribution is 5.83. The molecule has 2 nitrogen and oxygen atoms in total. The summed E-state index contributed by atoms with van der Waals surface area (Å²) in [5.41, 5.74) is 0. The molecule has 1 amide bonds. The minimum absolute atomic E-state index is 0.118. The van der Waals surface area contributed by atoms with E-state index in [-0.39, 0.29) is 11.8 Å². The quantitative estimate of drug-likeness (QED) is 0.579. The van der Waals surface area contributed by atoms with Crippen LogP contribution in [0.1, 0.15) is 13.8 Å². The molecule has 58 valence electrons. The summed E-state index contributed by atoms with van der Waals surface area (Å²) in [7, 11) is 0. The van der Waals surface area contributed by atoms with Crippen LogP contribution in [0.2, 0.25) is 0 Å². The lowest BCUT2D eigenvalue weighted by Crippen LogP contribution is -2.22. The van der Waals surface area contributed by atoms with Gasteiger partial charge in [-0.05, 0) is 5.92 Å². The molecule has 0 aromatic rings. The molecule has 0 radical (unpaired) electrons. The van der Waals surface area contributed by atoms with Crippen molar-refractivity contribution in [2.24, 2.45) is 11.8 Å². The van der Waals surface area contributed by atoms with Crippen LogP contribution in [0.3, 0.4) is 0 Å². The Kier molecular flexibility index (Phi) is 1.92. The molecule has 1 fully saturated rings. The van der Waals surface area contributed by atoms with Crippen LogP contribution in [0.25, 0.3) is 0 Å². The lowest BCUT2D eigenvalue weighted by Gasteiger charge is -2.12. The van der Waals surface area contributed by atoms with Crippen molar-refractivity contribution in [3.8, 4) is 0 Å². The fourth-order valence-electron chi connectivity index (χ4n) is 1.19. The monoisotopic (exact) mass is 145 g/mol. The molecule has 1 aliphatic rings. The Balaban J connectivity index is 2.57. The molecule has 10 heavy (non-hydrogen) atoms. The van der Waals surface area contributed by atoms with Gasteiger partial charge in [-0.2, -0.15) is 0 Å². The molecule has 0 saturated carbocycles. The Morgan fingerprint density at radius 1 is 1.70 bits per heavy atom. The van der Waals surface area contributed by atoms with E-state index in [9.17, 15) is 9.18 Å². The Morgan fingerprint density at radius 3 is 2.50 bits per heavy atom. The van der Waals surface area contributed by atoms with Crippen LogP contribution in [0, 0.1) is 11.8 Å². The van der Waals surface area contributed by atoms with E-state index in [2.05, 4.69) is 5.32 Å². The second kappa shape index (κ2) is 2.56. The van der Waals surface area contributed by atoms with Crippen LogP contribution in [0.4, 0.5) is 4.39 Å². The van der Waals surface area contributed by atoms with Gasteiger partial charge >= 0.3 is 0 Å². The van der Waals surface area contributed by atoms with E-state index < -0.39 is 12.1 Å². The van der Waals surface area contributed by atoms with Crippen molar-refractivity contribution in [1.29, 1.82) is 0 Å². The predicted octanol–water partition coefficient (Wildman–Crippen LogP) is 0.726. The third-order valence-electron chi connectivity index (χ3n) is 1.99. The Hall–Kier alpha value is -0.600. The number of hydrogen-bond acceptors (Lipinski definition) is 1. The zero-order valence-corrected chi connectivity index (χ0v) is 6.23. The van der Waals surface area contributed by atoms with E-state index in [0.29, 0.717) is 6.54 Å². The lowest BCUT2D eigenvalue weighted by atomic mass is 9.94. The number of amides is 1. The van der Waals surface area contributed by atoms with Crippen molar-refractivity contribution in [2.45, 2.75) is 20.0 Å². The number of carbonyl (C=O) groups is 1. The summed E-state index contributed by atoms with van der Waals surface area (Å²) in [5, 5.41) is 2.49. The number of rotatable bonds is 1. The zero-order valence-electron chi connectivity index (χ0n) is 6.23. The Labute approximate surface area is 59.8 Å². The maximum atomic E-state index is 12.8. The molecule has 2 atom stereocenters. The smallest absolute Gasteiger partial charge is 0.254 e. The summed E-state index contributed by atoms with van der Waals surface area (Å²) in [5.74, 6) is -0.319. The van der Waals surface area contributed by atoms with Crippen molar-refractivity contribution in [3.63, 3.8) is 0 Å². The van der Waals surface area contributed by atoms with Crippen LogP contribution in [0.15, 0.2) is 0 Å². The van der Waals surface area contributed by atoms with Crippen molar-refractivity contribution in [3.05, 3.63) is 0 Å². The summed E-state index contributed by atoms with van der Waals surface area (Å²) in [6.07, 6.45) is -1.28. The third-order valence-corrected chi connectivity index (χ3v) is 1.99. The first-order valence-electron chi connectivity index (χ1n) is 3.54. The summed E-state index contributed by atoms with van der Waals surface area (Å²) in [6.45, 7) is 4.35. The molecule has 1 heterocycles. The summed E-state index contributed by atoms with van der Waals surface area (Å²) >= 11 is 0. The highest BCUT2D eigenvalue weighted by Gasteiger charge is 2.36.